The van der Waals surface area contributed by atoms with E-state index in [0.29, 0.717) is 5.92 Å². The van der Waals surface area contributed by atoms with Crippen molar-refractivity contribution in [2.45, 2.75) is 50.4 Å². The molecule has 0 bridgehead atoms. The normalized spacial score (nSPS) is 17.0. The molecule has 0 aliphatic heterocycles. The molecule has 1 aliphatic rings. The molecule has 1 aliphatic carbocycles. The van der Waals surface area contributed by atoms with Crippen molar-refractivity contribution in [2.75, 3.05) is 0 Å². The predicted molar refractivity (Wildman–Crippen MR) is 83.4 cm³/mol. The summed E-state index contributed by atoms with van der Waals surface area (Å²) < 4.78 is 77.8. The first-order valence-electron chi connectivity index (χ1n) is 7.90. The van der Waals surface area contributed by atoms with Crippen molar-refractivity contribution in [2.24, 2.45) is 0 Å². The van der Waals surface area contributed by atoms with E-state index in [1.54, 1.807) is 6.20 Å². The number of aromatic nitrogens is 1. The SMILES string of the molecule is FC(F)(F)c1cc(-c2ncc(C3CCCCC3)s2)cc(C(F)(F)F)c1. The van der Waals surface area contributed by atoms with Crippen LogP contribution >= 0.6 is 11.3 Å². The zero-order valence-corrected chi connectivity index (χ0v) is 13.9. The maximum atomic E-state index is 13.0. The average Bonchev–Trinajstić information content (AvgIpc) is 3.04. The Hall–Kier alpha value is -1.57. The molecule has 1 fully saturated rings. The number of hydrogen-bond donors (Lipinski definition) is 0. The molecule has 0 saturated heterocycles. The van der Waals surface area contributed by atoms with Crippen molar-refractivity contribution >= 4 is 11.3 Å². The molecule has 1 heterocycles. The van der Waals surface area contributed by atoms with Gasteiger partial charge in [-0.2, -0.15) is 26.3 Å². The first-order chi connectivity index (χ1) is 11.6. The van der Waals surface area contributed by atoms with Gasteiger partial charge in [-0.3, -0.25) is 0 Å². The van der Waals surface area contributed by atoms with Crippen LogP contribution in [-0.2, 0) is 12.4 Å². The molecular weight excluding hydrogens is 364 g/mol. The Balaban J connectivity index is 2.00. The summed E-state index contributed by atoms with van der Waals surface area (Å²) in [5.41, 5.74) is -2.77. The molecule has 0 unspecified atom stereocenters. The van der Waals surface area contributed by atoms with Gasteiger partial charge in [0.1, 0.15) is 5.01 Å². The topological polar surface area (TPSA) is 12.9 Å². The summed E-state index contributed by atoms with van der Waals surface area (Å²) in [6.07, 6.45) is -2.82. The highest BCUT2D eigenvalue weighted by Crippen LogP contribution is 2.41. The van der Waals surface area contributed by atoms with E-state index in [-0.39, 0.29) is 16.6 Å². The average molecular weight is 379 g/mol. The number of hydrogen-bond acceptors (Lipinski definition) is 2. The molecule has 0 spiro atoms. The quantitative estimate of drug-likeness (QED) is 0.518. The Labute approximate surface area is 144 Å². The van der Waals surface area contributed by atoms with Gasteiger partial charge in [0, 0.05) is 16.6 Å². The minimum Gasteiger partial charge on any atom is -0.244 e. The third-order valence-electron chi connectivity index (χ3n) is 4.37. The predicted octanol–water partition coefficient (Wildman–Crippen LogP) is 6.90. The van der Waals surface area contributed by atoms with E-state index in [4.69, 9.17) is 0 Å². The van der Waals surface area contributed by atoms with Crippen LogP contribution in [0.15, 0.2) is 24.4 Å². The largest absolute Gasteiger partial charge is 0.416 e. The molecular formula is C17H15F6NS. The van der Waals surface area contributed by atoms with E-state index in [1.807, 2.05) is 0 Å². The van der Waals surface area contributed by atoms with Gasteiger partial charge in [-0.05, 0) is 37.0 Å². The monoisotopic (exact) mass is 379 g/mol. The Morgan fingerprint density at radius 3 is 1.92 bits per heavy atom. The maximum absolute atomic E-state index is 13.0. The Kier molecular flexibility index (Phi) is 4.83. The molecule has 3 rings (SSSR count). The molecule has 25 heavy (non-hydrogen) atoms. The van der Waals surface area contributed by atoms with E-state index in [9.17, 15) is 26.3 Å². The molecule has 1 aromatic heterocycles. The third kappa shape index (κ3) is 4.16. The summed E-state index contributed by atoms with van der Waals surface area (Å²) in [4.78, 5) is 5.02. The van der Waals surface area contributed by atoms with Gasteiger partial charge in [-0.15, -0.1) is 11.3 Å². The molecule has 136 valence electrons. The Morgan fingerprint density at radius 1 is 0.840 bits per heavy atom. The number of benzene rings is 1. The zero-order chi connectivity index (χ0) is 18.2. The molecule has 8 heteroatoms. The fourth-order valence-electron chi connectivity index (χ4n) is 3.07. The van der Waals surface area contributed by atoms with Crippen LogP contribution in [0.1, 0.15) is 54.0 Å². The number of thiazole rings is 1. The standard InChI is InChI=1S/C17H15F6NS/c18-16(19,20)12-6-11(7-13(8-12)17(21,22)23)15-24-9-14(25-15)10-4-2-1-3-5-10/h6-10H,1-5H2. The maximum Gasteiger partial charge on any atom is 0.416 e. The van der Waals surface area contributed by atoms with Gasteiger partial charge < -0.3 is 0 Å². The van der Waals surface area contributed by atoms with Crippen LogP contribution < -0.4 is 0 Å². The Morgan fingerprint density at radius 2 is 1.40 bits per heavy atom. The minimum atomic E-state index is -4.85. The highest BCUT2D eigenvalue weighted by Gasteiger charge is 2.37. The van der Waals surface area contributed by atoms with Crippen molar-refractivity contribution in [1.29, 1.82) is 0 Å². The first-order valence-corrected chi connectivity index (χ1v) is 8.72. The van der Waals surface area contributed by atoms with E-state index >= 15 is 0 Å². The summed E-state index contributed by atoms with van der Waals surface area (Å²) in [5, 5.41) is 0.192. The Bertz CT molecular complexity index is 708. The molecule has 0 radical (unpaired) electrons. The highest BCUT2D eigenvalue weighted by atomic mass is 32.1. The summed E-state index contributed by atoms with van der Waals surface area (Å²) in [7, 11) is 0. The second-order valence-electron chi connectivity index (χ2n) is 6.20. The van der Waals surface area contributed by atoms with Crippen LogP contribution in [0.5, 0.6) is 0 Å². The van der Waals surface area contributed by atoms with Gasteiger partial charge in [0.25, 0.3) is 0 Å². The number of rotatable bonds is 2. The fraction of sp³-hybridized carbons (Fsp3) is 0.471. The molecule has 0 N–H and O–H groups in total. The number of nitrogens with zero attached hydrogens (tertiary/aromatic N) is 1. The van der Waals surface area contributed by atoms with Crippen molar-refractivity contribution in [3.63, 3.8) is 0 Å². The molecule has 1 aromatic carbocycles. The molecule has 0 atom stereocenters. The number of alkyl halides is 6. The van der Waals surface area contributed by atoms with Crippen molar-refractivity contribution in [3.8, 4) is 10.6 Å². The minimum absolute atomic E-state index is 0.138. The van der Waals surface area contributed by atoms with Gasteiger partial charge in [0.05, 0.1) is 11.1 Å². The third-order valence-corrected chi connectivity index (χ3v) is 5.57. The summed E-state index contributed by atoms with van der Waals surface area (Å²) in [5.74, 6) is 0.299. The van der Waals surface area contributed by atoms with Crippen molar-refractivity contribution < 1.29 is 26.3 Å². The molecule has 1 nitrogen and oxygen atoms in total. The van der Waals surface area contributed by atoms with E-state index in [0.717, 1.165) is 49.1 Å². The lowest BCUT2D eigenvalue weighted by Crippen LogP contribution is -2.11. The van der Waals surface area contributed by atoms with E-state index in [2.05, 4.69) is 4.98 Å². The van der Waals surface area contributed by atoms with Crippen molar-refractivity contribution in [3.05, 3.63) is 40.4 Å². The van der Waals surface area contributed by atoms with E-state index in [1.165, 1.54) is 11.3 Å². The fourth-order valence-corrected chi connectivity index (χ4v) is 4.15. The van der Waals surface area contributed by atoms with Gasteiger partial charge >= 0.3 is 12.4 Å². The van der Waals surface area contributed by atoms with E-state index < -0.39 is 23.5 Å². The lowest BCUT2D eigenvalue weighted by molar-refractivity contribution is -0.143. The summed E-state index contributed by atoms with van der Waals surface area (Å²) in [6.45, 7) is 0. The van der Waals surface area contributed by atoms with Crippen LogP contribution in [0.3, 0.4) is 0 Å². The van der Waals surface area contributed by atoms with Crippen molar-refractivity contribution in [1.82, 2.24) is 4.98 Å². The lowest BCUT2D eigenvalue weighted by atomic mass is 9.89. The summed E-state index contributed by atoms with van der Waals surface area (Å²) >= 11 is 1.19. The van der Waals surface area contributed by atoms with Crippen LogP contribution in [0.25, 0.3) is 10.6 Å². The van der Waals surface area contributed by atoms with Gasteiger partial charge in [0.15, 0.2) is 0 Å². The smallest absolute Gasteiger partial charge is 0.244 e. The highest BCUT2D eigenvalue weighted by molar-refractivity contribution is 7.15. The zero-order valence-electron chi connectivity index (χ0n) is 13.0. The van der Waals surface area contributed by atoms with Crippen LogP contribution in [0, 0.1) is 0 Å². The molecule has 0 amide bonds. The van der Waals surface area contributed by atoms with Crippen LogP contribution in [0.2, 0.25) is 0 Å². The van der Waals surface area contributed by atoms with Gasteiger partial charge in [0.2, 0.25) is 0 Å². The van der Waals surface area contributed by atoms with Crippen LogP contribution in [0.4, 0.5) is 26.3 Å². The molecule has 2 aromatic rings. The lowest BCUT2D eigenvalue weighted by Gasteiger charge is -2.19. The molecule has 1 saturated carbocycles. The van der Waals surface area contributed by atoms with Crippen LogP contribution in [-0.4, -0.2) is 4.98 Å². The first kappa shape index (κ1) is 18.2. The number of halogens is 6. The second-order valence-corrected chi connectivity index (χ2v) is 7.26. The second kappa shape index (κ2) is 6.63. The van der Waals surface area contributed by atoms with Gasteiger partial charge in [-0.25, -0.2) is 4.98 Å². The summed E-state index contributed by atoms with van der Waals surface area (Å²) in [6, 6.07) is 1.61. The van der Waals surface area contributed by atoms with Gasteiger partial charge in [-0.1, -0.05) is 19.3 Å².